The zero-order valence-corrected chi connectivity index (χ0v) is 23.7. The largest absolute Gasteiger partial charge is 0.487 e. The van der Waals surface area contributed by atoms with Crippen LogP contribution in [0.3, 0.4) is 0 Å². The molecule has 0 fully saturated rings. The summed E-state index contributed by atoms with van der Waals surface area (Å²) in [5.41, 5.74) is 3.17. The number of benzene rings is 3. The van der Waals surface area contributed by atoms with E-state index >= 15 is 0 Å². The predicted molar refractivity (Wildman–Crippen MR) is 157 cm³/mol. The first-order chi connectivity index (χ1) is 18.7. The smallest absolute Gasteiger partial charge is 0.343 e. The van der Waals surface area contributed by atoms with Gasteiger partial charge in [0.1, 0.15) is 5.75 Å². The van der Waals surface area contributed by atoms with Gasteiger partial charge in [-0.3, -0.25) is 10.1 Å². The molecule has 0 saturated heterocycles. The molecule has 3 aromatic rings. The molecule has 6 heteroatoms. The Hall–Kier alpha value is -3.67. The summed E-state index contributed by atoms with van der Waals surface area (Å²) in [6.45, 7) is 9.27. The highest BCUT2D eigenvalue weighted by molar-refractivity contribution is 5.91. The van der Waals surface area contributed by atoms with Crippen molar-refractivity contribution >= 4 is 11.7 Å². The van der Waals surface area contributed by atoms with Crippen LogP contribution < -0.4 is 9.47 Å². The number of ether oxygens (including phenoxy) is 2. The molecule has 0 heterocycles. The van der Waals surface area contributed by atoms with E-state index in [1.165, 1.54) is 30.9 Å². The Bertz CT molecular complexity index is 1220. The number of hydrogen-bond donors (Lipinski definition) is 0. The number of carbonyl (C=O) groups is 1. The number of nitro benzene ring substituents is 1. The molecule has 0 amide bonds. The summed E-state index contributed by atoms with van der Waals surface area (Å²) in [7, 11) is 0. The molecule has 0 atom stereocenters. The van der Waals surface area contributed by atoms with Crippen molar-refractivity contribution in [3.05, 3.63) is 88.0 Å². The minimum atomic E-state index is -0.422. The van der Waals surface area contributed by atoms with Gasteiger partial charge >= 0.3 is 11.7 Å². The summed E-state index contributed by atoms with van der Waals surface area (Å²) in [6.07, 6.45) is 8.88. The minimum absolute atomic E-state index is 0.0570. The highest BCUT2D eigenvalue weighted by Gasteiger charge is 2.21. The Labute approximate surface area is 232 Å². The van der Waals surface area contributed by atoms with Crippen LogP contribution in [0.2, 0.25) is 0 Å². The van der Waals surface area contributed by atoms with E-state index < -0.39 is 10.9 Å². The van der Waals surface area contributed by atoms with Gasteiger partial charge in [-0.2, -0.15) is 0 Å². The summed E-state index contributed by atoms with van der Waals surface area (Å²) in [6, 6.07) is 19.6. The Morgan fingerprint density at radius 1 is 0.821 bits per heavy atom. The van der Waals surface area contributed by atoms with Gasteiger partial charge in [-0.05, 0) is 65.3 Å². The van der Waals surface area contributed by atoms with E-state index in [0.717, 1.165) is 37.7 Å². The van der Waals surface area contributed by atoms with Crippen molar-refractivity contribution in [2.45, 2.75) is 84.5 Å². The fourth-order valence-corrected chi connectivity index (χ4v) is 4.57. The van der Waals surface area contributed by atoms with Gasteiger partial charge in [0.15, 0.2) is 5.75 Å². The van der Waals surface area contributed by atoms with Crippen LogP contribution in [0, 0.1) is 10.1 Å². The topological polar surface area (TPSA) is 78.7 Å². The third-order valence-corrected chi connectivity index (χ3v) is 7.12. The van der Waals surface area contributed by atoms with Gasteiger partial charge in [-0.1, -0.05) is 96.6 Å². The lowest BCUT2D eigenvalue weighted by atomic mass is 9.80. The first-order valence-corrected chi connectivity index (χ1v) is 14.1. The van der Waals surface area contributed by atoms with Crippen molar-refractivity contribution in [3.63, 3.8) is 0 Å². The lowest BCUT2D eigenvalue weighted by Gasteiger charge is -2.25. The van der Waals surface area contributed by atoms with Gasteiger partial charge < -0.3 is 9.47 Å². The Morgan fingerprint density at radius 3 is 2.10 bits per heavy atom. The Morgan fingerprint density at radius 2 is 1.46 bits per heavy atom. The third kappa shape index (κ3) is 8.67. The molecule has 3 aromatic carbocycles. The molecule has 0 N–H and O–H groups in total. The number of carbonyl (C=O) groups excluding carboxylic acids is 1. The van der Waals surface area contributed by atoms with Crippen LogP contribution in [0.5, 0.6) is 11.5 Å². The molecule has 208 valence electrons. The van der Waals surface area contributed by atoms with Crippen molar-refractivity contribution in [1.29, 1.82) is 0 Å². The molecule has 0 saturated carbocycles. The SMILES string of the molecule is CCCCCCOc1ccc(-c2ccc(OC(=O)c3ccc(C(C)(C)CCCCC)cc3)cc2)cc1[N+](=O)[O-]. The lowest BCUT2D eigenvalue weighted by molar-refractivity contribution is -0.385. The second-order valence-corrected chi connectivity index (χ2v) is 10.7. The normalized spacial score (nSPS) is 11.3. The molecule has 6 nitrogen and oxygen atoms in total. The summed E-state index contributed by atoms with van der Waals surface area (Å²) in [5, 5.41) is 11.7. The molecule has 0 bridgehead atoms. The van der Waals surface area contributed by atoms with Crippen molar-refractivity contribution in [1.82, 2.24) is 0 Å². The fourth-order valence-electron chi connectivity index (χ4n) is 4.57. The molecule has 3 rings (SSSR count). The first-order valence-electron chi connectivity index (χ1n) is 14.1. The van der Waals surface area contributed by atoms with E-state index in [1.54, 1.807) is 36.4 Å². The third-order valence-electron chi connectivity index (χ3n) is 7.12. The number of rotatable bonds is 15. The maximum absolute atomic E-state index is 12.7. The molecule has 0 aliphatic heterocycles. The van der Waals surface area contributed by atoms with Crippen LogP contribution in [0.1, 0.15) is 95.0 Å². The van der Waals surface area contributed by atoms with Gasteiger partial charge in [-0.15, -0.1) is 0 Å². The van der Waals surface area contributed by atoms with E-state index in [4.69, 9.17) is 9.47 Å². The molecule has 0 aliphatic rings. The molecule has 0 spiro atoms. The minimum Gasteiger partial charge on any atom is -0.487 e. The molecule has 0 radical (unpaired) electrons. The van der Waals surface area contributed by atoms with Crippen LogP contribution in [0.25, 0.3) is 11.1 Å². The number of nitrogens with zero attached hydrogens (tertiary/aromatic N) is 1. The predicted octanol–water partition coefficient (Wildman–Crippen LogP) is 9.30. The van der Waals surface area contributed by atoms with Crippen LogP contribution >= 0.6 is 0 Å². The lowest BCUT2D eigenvalue weighted by Crippen LogP contribution is -2.17. The van der Waals surface area contributed by atoms with Gasteiger partial charge in [0, 0.05) is 6.07 Å². The van der Waals surface area contributed by atoms with Crippen molar-refractivity contribution in [3.8, 4) is 22.6 Å². The van der Waals surface area contributed by atoms with Gasteiger partial charge in [0.25, 0.3) is 0 Å². The van der Waals surface area contributed by atoms with Crippen molar-refractivity contribution < 1.29 is 19.2 Å². The maximum atomic E-state index is 12.7. The standard InChI is InChI=1S/C33H41NO5/c1-5-7-9-11-23-38-31-21-16-27(24-30(31)34(36)37)25-14-19-29(20-15-25)39-32(35)26-12-17-28(18-13-26)33(3,4)22-10-8-6-2/h12-21,24H,5-11,22-23H2,1-4H3. The molecule has 0 aromatic heterocycles. The van der Waals surface area contributed by atoms with Gasteiger partial charge in [0.05, 0.1) is 17.1 Å². The summed E-state index contributed by atoms with van der Waals surface area (Å²) >= 11 is 0. The van der Waals surface area contributed by atoms with Crippen molar-refractivity contribution in [2.24, 2.45) is 0 Å². The summed E-state index contributed by atoms with van der Waals surface area (Å²) in [4.78, 5) is 24.0. The average molecular weight is 532 g/mol. The summed E-state index contributed by atoms with van der Waals surface area (Å²) < 4.78 is 11.3. The Kier molecular flexibility index (Phi) is 11.1. The number of nitro groups is 1. The van der Waals surface area contributed by atoms with E-state index in [1.807, 2.05) is 24.3 Å². The second-order valence-electron chi connectivity index (χ2n) is 10.7. The number of hydrogen-bond acceptors (Lipinski definition) is 5. The van der Waals surface area contributed by atoms with E-state index in [-0.39, 0.29) is 16.9 Å². The monoisotopic (exact) mass is 531 g/mol. The van der Waals surface area contributed by atoms with Crippen LogP contribution in [-0.2, 0) is 5.41 Å². The van der Waals surface area contributed by atoms with Crippen LogP contribution in [-0.4, -0.2) is 17.5 Å². The zero-order valence-electron chi connectivity index (χ0n) is 23.7. The Balaban J connectivity index is 1.64. The zero-order chi connectivity index (χ0) is 28.3. The highest BCUT2D eigenvalue weighted by Crippen LogP contribution is 2.34. The van der Waals surface area contributed by atoms with Crippen LogP contribution in [0.4, 0.5) is 5.69 Å². The van der Waals surface area contributed by atoms with Gasteiger partial charge in [0.2, 0.25) is 0 Å². The fraction of sp³-hybridized carbons (Fsp3) is 0.424. The first kappa shape index (κ1) is 29.9. The van der Waals surface area contributed by atoms with Gasteiger partial charge in [-0.25, -0.2) is 4.79 Å². The molecule has 39 heavy (non-hydrogen) atoms. The van der Waals surface area contributed by atoms with E-state index in [9.17, 15) is 14.9 Å². The highest BCUT2D eigenvalue weighted by atomic mass is 16.6. The molecule has 0 unspecified atom stereocenters. The quantitative estimate of drug-likeness (QED) is 0.0642. The van der Waals surface area contributed by atoms with E-state index in [2.05, 4.69) is 27.7 Å². The number of esters is 1. The van der Waals surface area contributed by atoms with E-state index in [0.29, 0.717) is 23.5 Å². The average Bonchev–Trinajstić information content (AvgIpc) is 2.93. The van der Waals surface area contributed by atoms with Crippen molar-refractivity contribution in [2.75, 3.05) is 6.61 Å². The molecule has 0 aliphatic carbocycles. The summed E-state index contributed by atoms with van der Waals surface area (Å²) in [5.74, 6) is 0.268. The second kappa shape index (κ2) is 14.5. The number of unbranched alkanes of at least 4 members (excludes halogenated alkanes) is 5. The van der Waals surface area contributed by atoms with Crippen LogP contribution in [0.15, 0.2) is 66.7 Å². The molecular weight excluding hydrogens is 490 g/mol. The molecular formula is C33H41NO5. The maximum Gasteiger partial charge on any atom is 0.343 e.